The van der Waals surface area contributed by atoms with Crippen molar-refractivity contribution in [3.05, 3.63) is 57.7 Å². The van der Waals surface area contributed by atoms with Crippen LogP contribution in [0.5, 0.6) is 17.2 Å². The minimum atomic E-state index is -0.820. The monoisotopic (exact) mass is 437 g/mol. The van der Waals surface area contributed by atoms with Crippen LogP contribution in [0.15, 0.2) is 39.7 Å². The number of nitrogens with zero attached hydrogens (tertiary/aromatic N) is 1. The fraction of sp³-hybridized carbons (Fsp3) is 0.304. The van der Waals surface area contributed by atoms with Crippen LogP contribution >= 0.6 is 0 Å². The number of benzene rings is 1. The Kier molecular flexibility index (Phi) is 4.61. The van der Waals surface area contributed by atoms with E-state index in [1.807, 2.05) is 0 Å². The number of hydrogen-bond donors (Lipinski definition) is 1. The number of carbonyl (C=O) groups is 2. The van der Waals surface area contributed by atoms with E-state index in [4.69, 9.17) is 18.6 Å². The molecule has 0 amide bonds. The third-order valence-corrected chi connectivity index (χ3v) is 5.83. The fourth-order valence-electron chi connectivity index (χ4n) is 4.48. The van der Waals surface area contributed by atoms with E-state index in [1.165, 1.54) is 14.0 Å². The maximum atomic E-state index is 13.2. The second-order valence-electron chi connectivity index (χ2n) is 7.85. The van der Waals surface area contributed by atoms with Crippen molar-refractivity contribution in [3.8, 4) is 17.2 Å². The smallest absolute Gasteiger partial charge is 0.343 e. The summed E-state index contributed by atoms with van der Waals surface area (Å²) in [4.78, 5) is 41.2. The summed E-state index contributed by atoms with van der Waals surface area (Å²) < 4.78 is 22.0. The summed E-state index contributed by atoms with van der Waals surface area (Å²) in [5.41, 5.74) is 0.0911. The van der Waals surface area contributed by atoms with Gasteiger partial charge >= 0.3 is 11.6 Å². The second-order valence-corrected chi connectivity index (χ2v) is 7.85. The van der Waals surface area contributed by atoms with E-state index in [-0.39, 0.29) is 46.7 Å². The quantitative estimate of drug-likeness (QED) is 0.474. The van der Waals surface area contributed by atoms with Crippen molar-refractivity contribution in [2.24, 2.45) is 0 Å². The first-order valence-corrected chi connectivity index (χ1v) is 10.1. The van der Waals surface area contributed by atoms with Crippen LogP contribution in [0.4, 0.5) is 0 Å². The minimum Gasteiger partial charge on any atom is -0.506 e. The summed E-state index contributed by atoms with van der Waals surface area (Å²) in [5, 5.41) is 11.5. The molecule has 3 aromatic rings. The van der Waals surface area contributed by atoms with Crippen molar-refractivity contribution in [1.82, 2.24) is 4.98 Å². The summed E-state index contributed by atoms with van der Waals surface area (Å²) >= 11 is 0. The lowest BCUT2D eigenvalue weighted by Crippen LogP contribution is -2.18. The molecule has 0 radical (unpaired) electrons. The maximum absolute atomic E-state index is 13.2. The topological polar surface area (TPSA) is 125 Å². The Hall–Kier alpha value is -3.88. The van der Waals surface area contributed by atoms with Gasteiger partial charge in [0.1, 0.15) is 28.4 Å². The van der Waals surface area contributed by atoms with E-state index >= 15 is 0 Å². The first-order valence-electron chi connectivity index (χ1n) is 10.1. The molecule has 4 heterocycles. The number of aromatic nitrogens is 1. The molecular formula is C23H19NO8. The number of fused-ring (bicyclic) bond motifs is 5. The molecular weight excluding hydrogens is 418 g/mol. The van der Waals surface area contributed by atoms with Gasteiger partial charge in [-0.1, -0.05) is 6.07 Å². The van der Waals surface area contributed by atoms with Crippen LogP contribution in [-0.4, -0.2) is 35.2 Å². The first-order chi connectivity index (χ1) is 15.4. The van der Waals surface area contributed by atoms with Crippen LogP contribution in [0.3, 0.4) is 0 Å². The molecule has 9 nitrogen and oxygen atoms in total. The van der Waals surface area contributed by atoms with Crippen LogP contribution in [-0.2, 0) is 14.3 Å². The lowest BCUT2D eigenvalue weighted by Gasteiger charge is -2.18. The van der Waals surface area contributed by atoms with E-state index in [9.17, 15) is 19.5 Å². The highest BCUT2D eigenvalue weighted by atomic mass is 16.7. The van der Waals surface area contributed by atoms with Gasteiger partial charge in [-0.05, 0) is 19.1 Å². The summed E-state index contributed by atoms with van der Waals surface area (Å²) in [5.74, 6) is -1.67. The molecule has 0 bridgehead atoms. The third-order valence-electron chi connectivity index (χ3n) is 5.83. The van der Waals surface area contributed by atoms with Crippen molar-refractivity contribution < 1.29 is 33.3 Å². The number of pyridine rings is 1. The van der Waals surface area contributed by atoms with Crippen LogP contribution < -0.4 is 15.1 Å². The van der Waals surface area contributed by atoms with E-state index < -0.39 is 29.7 Å². The molecule has 5 rings (SSSR count). The number of ketones is 1. The van der Waals surface area contributed by atoms with Gasteiger partial charge in [-0.25, -0.2) is 4.79 Å². The van der Waals surface area contributed by atoms with Gasteiger partial charge in [0.15, 0.2) is 5.58 Å². The van der Waals surface area contributed by atoms with Gasteiger partial charge in [0.05, 0.1) is 25.0 Å². The molecule has 0 spiro atoms. The highest BCUT2D eigenvalue weighted by Crippen LogP contribution is 2.52. The predicted octanol–water partition coefficient (Wildman–Crippen LogP) is 2.76. The van der Waals surface area contributed by atoms with Crippen LogP contribution in [0.1, 0.15) is 48.4 Å². The number of methoxy groups -OCH3 is 1. The van der Waals surface area contributed by atoms with Crippen molar-refractivity contribution in [1.29, 1.82) is 0 Å². The molecule has 0 aliphatic carbocycles. The largest absolute Gasteiger partial charge is 0.506 e. The lowest BCUT2D eigenvalue weighted by atomic mass is 9.89. The van der Waals surface area contributed by atoms with Gasteiger partial charge in [0.2, 0.25) is 0 Å². The number of Topliss-reactive ketones (excluding diaryl/α,β-unsaturated/α-hetero) is 1. The van der Waals surface area contributed by atoms with Crippen molar-refractivity contribution in [2.45, 2.75) is 37.9 Å². The molecule has 3 atom stereocenters. The number of aromatic hydroxyl groups is 1. The van der Waals surface area contributed by atoms with Crippen LogP contribution in [0.2, 0.25) is 0 Å². The number of esters is 1. The predicted molar refractivity (Wildman–Crippen MR) is 110 cm³/mol. The average molecular weight is 437 g/mol. The Morgan fingerprint density at radius 2 is 2.12 bits per heavy atom. The molecule has 9 heteroatoms. The number of carbonyl (C=O) groups excluding carboxylic acids is 2. The van der Waals surface area contributed by atoms with Gasteiger partial charge < -0.3 is 23.7 Å². The third kappa shape index (κ3) is 3.00. The van der Waals surface area contributed by atoms with E-state index in [0.717, 1.165) is 0 Å². The summed E-state index contributed by atoms with van der Waals surface area (Å²) in [7, 11) is 1.41. The van der Waals surface area contributed by atoms with Gasteiger partial charge in [0, 0.05) is 35.9 Å². The first kappa shape index (κ1) is 20.0. The van der Waals surface area contributed by atoms with E-state index in [2.05, 4.69) is 4.98 Å². The van der Waals surface area contributed by atoms with Gasteiger partial charge in [0.25, 0.3) is 6.29 Å². The summed E-state index contributed by atoms with van der Waals surface area (Å²) in [6.45, 7) is 1.40. The van der Waals surface area contributed by atoms with Gasteiger partial charge in [-0.15, -0.1) is 0 Å². The van der Waals surface area contributed by atoms with Crippen molar-refractivity contribution in [3.63, 3.8) is 0 Å². The zero-order chi connectivity index (χ0) is 22.6. The molecule has 3 unspecified atom stereocenters. The summed E-state index contributed by atoms with van der Waals surface area (Å²) in [6.07, 6.45) is 0.736. The zero-order valence-electron chi connectivity index (χ0n) is 17.3. The number of hydrogen-bond acceptors (Lipinski definition) is 9. The van der Waals surface area contributed by atoms with Crippen molar-refractivity contribution in [2.75, 3.05) is 7.11 Å². The Morgan fingerprint density at radius 1 is 1.31 bits per heavy atom. The Bertz CT molecular complexity index is 1310. The van der Waals surface area contributed by atoms with Gasteiger partial charge in [-0.3, -0.25) is 14.6 Å². The maximum Gasteiger partial charge on any atom is 0.343 e. The molecule has 1 saturated heterocycles. The van der Waals surface area contributed by atoms with Gasteiger partial charge in [-0.2, -0.15) is 0 Å². The zero-order valence-corrected chi connectivity index (χ0v) is 17.3. The molecule has 32 heavy (non-hydrogen) atoms. The fourth-order valence-corrected chi connectivity index (χ4v) is 4.48. The normalized spacial score (nSPS) is 19.8. The van der Waals surface area contributed by atoms with Crippen LogP contribution in [0.25, 0.3) is 11.0 Å². The highest BCUT2D eigenvalue weighted by Gasteiger charge is 2.47. The Balaban J connectivity index is 1.78. The van der Waals surface area contributed by atoms with Crippen LogP contribution in [0, 0.1) is 0 Å². The Labute approximate surface area is 181 Å². The second kappa shape index (κ2) is 7.37. The molecule has 164 valence electrons. The van der Waals surface area contributed by atoms with E-state index in [0.29, 0.717) is 17.0 Å². The minimum absolute atomic E-state index is 0.0513. The molecule has 1 aromatic carbocycles. The average Bonchev–Trinajstić information content (AvgIpc) is 3.27. The Morgan fingerprint density at radius 3 is 2.81 bits per heavy atom. The van der Waals surface area contributed by atoms with Crippen molar-refractivity contribution >= 4 is 22.7 Å². The number of ether oxygens (including phenoxy) is 3. The SMILES string of the molecule is COc1cc2c(c3oc(=O)c(C(CC(C)=O)c4ccccn4)c(O)c13)C1CC(=O)OC1O2. The lowest BCUT2D eigenvalue weighted by molar-refractivity contribution is -0.150. The van der Waals surface area contributed by atoms with E-state index in [1.54, 1.807) is 30.5 Å². The molecule has 2 aliphatic heterocycles. The molecule has 1 fully saturated rings. The molecule has 2 aliphatic rings. The molecule has 1 N–H and O–H groups in total. The summed E-state index contributed by atoms with van der Waals surface area (Å²) in [6, 6.07) is 6.69. The standard InChI is InChI=1S/C23H19NO8/c1-10(25)7-11(13-5-3-4-6-24-13)18-20(27)19-14(29-2)9-15-17(21(19)32-22(18)28)12-8-16(26)31-23(12)30-15/h3-6,9,11-12,23,27H,7-8H2,1-2H3. The number of rotatable bonds is 5. The molecule has 2 aromatic heterocycles. The molecule has 0 saturated carbocycles. The highest BCUT2D eigenvalue weighted by molar-refractivity contribution is 5.96.